The minimum absolute atomic E-state index is 0.123. The van der Waals surface area contributed by atoms with Crippen LogP contribution in [-0.2, 0) is 19.1 Å². The number of carboxylic acids is 1. The fourth-order valence-electron chi connectivity index (χ4n) is 4.99. The lowest BCUT2D eigenvalue weighted by atomic mass is 10.1. The average Bonchev–Trinajstić information content (AvgIpc) is 3.03. The molecule has 264 valence electrons. The molecule has 0 aliphatic rings. The van der Waals surface area contributed by atoms with Crippen LogP contribution in [-0.4, -0.2) is 41.6 Å². The van der Waals surface area contributed by atoms with Crippen molar-refractivity contribution >= 4 is 17.8 Å². The van der Waals surface area contributed by atoms with Crippen molar-refractivity contribution in [3.05, 3.63) is 48.6 Å². The molecule has 0 aromatic heterocycles. The fraction of sp³-hybridized carbons (Fsp3) is 0.718. The normalized spacial score (nSPS) is 13.3. The zero-order chi connectivity index (χ0) is 33.9. The van der Waals surface area contributed by atoms with Gasteiger partial charge >= 0.3 is 11.9 Å². The Balaban J connectivity index is 4.35. The molecule has 0 saturated carbocycles. The molecule has 0 heterocycles. The highest BCUT2D eigenvalue weighted by atomic mass is 16.5. The number of amides is 1. The molecule has 7 heteroatoms. The van der Waals surface area contributed by atoms with Crippen LogP contribution in [0.4, 0.5) is 0 Å². The van der Waals surface area contributed by atoms with Gasteiger partial charge in [0.15, 0.2) is 0 Å². The van der Waals surface area contributed by atoms with Crippen LogP contribution in [0.3, 0.4) is 0 Å². The Morgan fingerprint density at radius 3 is 1.80 bits per heavy atom. The number of aliphatic carboxylic acids is 1. The first kappa shape index (κ1) is 43.3. The van der Waals surface area contributed by atoms with Gasteiger partial charge in [0.05, 0.1) is 0 Å². The molecule has 1 amide bonds. The van der Waals surface area contributed by atoms with E-state index in [0.29, 0.717) is 38.6 Å². The second kappa shape index (κ2) is 33.7. The summed E-state index contributed by atoms with van der Waals surface area (Å²) >= 11 is 0. The van der Waals surface area contributed by atoms with Crippen LogP contribution in [0.2, 0.25) is 0 Å². The Labute approximate surface area is 281 Å². The molecule has 46 heavy (non-hydrogen) atoms. The van der Waals surface area contributed by atoms with Crippen molar-refractivity contribution in [2.45, 2.75) is 174 Å². The van der Waals surface area contributed by atoms with E-state index in [2.05, 4.69) is 61.7 Å². The molecule has 0 radical (unpaired) electrons. The molecule has 0 saturated heterocycles. The lowest BCUT2D eigenvalue weighted by Gasteiger charge is -2.15. The number of carboxylic acid groups (broad SMARTS) is 1. The van der Waals surface area contributed by atoms with E-state index in [1.165, 1.54) is 44.9 Å². The van der Waals surface area contributed by atoms with Gasteiger partial charge in [-0.25, -0.2) is 4.79 Å². The highest BCUT2D eigenvalue weighted by Gasteiger charge is 2.18. The SMILES string of the molecule is CCCC/C=C\C/C=C\CCCCCCCC(=O)OC(/C=C\C/C=C\CCCC)CCCCCCC(=O)NC(CCCN)C(=O)O. The number of hydrogen-bond donors (Lipinski definition) is 3. The second-order valence-electron chi connectivity index (χ2n) is 12.3. The minimum atomic E-state index is -1.02. The van der Waals surface area contributed by atoms with Crippen LogP contribution in [0.25, 0.3) is 0 Å². The maximum absolute atomic E-state index is 12.6. The monoisotopic (exact) mass is 645 g/mol. The van der Waals surface area contributed by atoms with Gasteiger partial charge in [0.1, 0.15) is 12.1 Å². The molecule has 2 unspecified atom stereocenters. The van der Waals surface area contributed by atoms with Crippen molar-refractivity contribution in [2.24, 2.45) is 5.73 Å². The highest BCUT2D eigenvalue weighted by Crippen LogP contribution is 2.14. The van der Waals surface area contributed by atoms with Crippen molar-refractivity contribution in [1.82, 2.24) is 5.32 Å². The molecule has 0 rings (SSSR count). The summed E-state index contributed by atoms with van der Waals surface area (Å²) in [5, 5.41) is 11.9. The molecular formula is C39H68N2O5. The molecule has 0 aromatic carbocycles. The van der Waals surface area contributed by atoms with Crippen LogP contribution in [0.1, 0.15) is 162 Å². The van der Waals surface area contributed by atoms with Gasteiger partial charge in [-0.05, 0) is 89.7 Å². The summed E-state index contributed by atoms with van der Waals surface area (Å²) in [6.45, 7) is 4.81. The van der Waals surface area contributed by atoms with E-state index in [9.17, 15) is 19.5 Å². The Kier molecular flexibility index (Phi) is 31.7. The van der Waals surface area contributed by atoms with Crippen LogP contribution in [0.5, 0.6) is 0 Å². The summed E-state index contributed by atoms with van der Waals surface area (Å²) in [6, 6.07) is -0.875. The number of nitrogens with one attached hydrogen (secondary N) is 1. The smallest absolute Gasteiger partial charge is 0.326 e. The van der Waals surface area contributed by atoms with Crippen molar-refractivity contribution in [3.8, 4) is 0 Å². The molecule has 2 atom stereocenters. The molecule has 0 aliphatic carbocycles. The number of carbonyl (C=O) groups excluding carboxylic acids is 2. The number of carbonyl (C=O) groups is 3. The predicted octanol–water partition coefficient (Wildman–Crippen LogP) is 9.66. The van der Waals surface area contributed by atoms with Gasteiger partial charge in [-0.1, -0.05) is 114 Å². The van der Waals surface area contributed by atoms with E-state index in [1.54, 1.807) is 0 Å². The molecule has 0 fully saturated rings. The molecule has 0 bridgehead atoms. The average molecular weight is 645 g/mol. The lowest BCUT2D eigenvalue weighted by Crippen LogP contribution is -2.40. The number of unbranched alkanes of at least 4 members (excludes halogenated alkanes) is 12. The quantitative estimate of drug-likeness (QED) is 0.0381. The molecule has 7 nitrogen and oxygen atoms in total. The van der Waals surface area contributed by atoms with Crippen molar-refractivity contribution in [2.75, 3.05) is 6.54 Å². The Bertz CT molecular complexity index is 864. The molecule has 0 aromatic rings. The van der Waals surface area contributed by atoms with Gasteiger partial charge in [0.25, 0.3) is 0 Å². The van der Waals surface area contributed by atoms with Gasteiger partial charge in [-0.3, -0.25) is 9.59 Å². The Hall–Kier alpha value is -2.67. The van der Waals surface area contributed by atoms with Crippen LogP contribution in [0.15, 0.2) is 48.6 Å². The molecule has 0 spiro atoms. The third-order valence-corrected chi connectivity index (χ3v) is 7.85. The zero-order valence-corrected chi connectivity index (χ0v) is 29.4. The Morgan fingerprint density at radius 2 is 1.20 bits per heavy atom. The number of ether oxygens (including phenoxy) is 1. The summed E-state index contributed by atoms with van der Waals surface area (Å²) in [7, 11) is 0. The van der Waals surface area contributed by atoms with Crippen molar-refractivity contribution in [1.29, 1.82) is 0 Å². The fourth-order valence-corrected chi connectivity index (χ4v) is 4.99. The summed E-state index contributed by atoms with van der Waals surface area (Å²) in [5.41, 5.74) is 5.46. The predicted molar refractivity (Wildman–Crippen MR) is 193 cm³/mol. The molecule has 4 N–H and O–H groups in total. The number of allylic oxidation sites excluding steroid dienone is 7. The third-order valence-electron chi connectivity index (χ3n) is 7.85. The van der Waals surface area contributed by atoms with Gasteiger partial charge in [-0.15, -0.1) is 0 Å². The summed E-state index contributed by atoms with van der Waals surface area (Å²) in [6.07, 6.45) is 38.8. The topological polar surface area (TPSA) is 119 Å². The first-order valence-electron chi connectivity index (χ1n) is 18.5. The minimum Gasteiger partial charge on any atom is -0.480 e. The van der Waals surface area contributed by atoms with Gasteiger partial charge in [0, 0.05) is 12.8 Å². The maximum Gasteiger partial charge on any atom is 0.326 e. The van der Waals surface area contributed by atoms with E-state index in [4.69, 9.17) is 10.5 Å². The standard InChI is InChI=1S/C39H68N2O5/c1-3-5-7-9-11-12-13-14-15-16-17-19-21-27-33-38(43)46-35(29-24-20-18-10-8-6-4-2)30-25-22-23-26-32-37(42)41-36(39(44)45)31-28-34-40/h9-11,13-14,18,24,29,35-36H,3-8,12,15-17,19-23,25-28,30-34,40H2,1-2H3,(H,41,42)(H,44,45)/b11-9-,14-13-,18-10-,29-24-. The number of hydrogen-bond acceptors (Lipinski definition) is 5. The van der Waals surface area contributed by atoms with Crippen LogP contribution < -0.4 is 11.1 Å². The first-order valence-corrected chi connectivity index (χ1v) is 18.5. The zero-order valence-electron chi connectivity index (χ0n) is 29.4. The van der Waals surface area contributed by atoms with E-state index in [-0.39, 0.29) is 18.0 Å². The Morgan fingerprint density at radius 1 is 0.652 bits per heavy atom. The number of esters is 1. The number of nitrogens with two attached hydrogens (primary N) is 1. The lowest BCUT2D eigenvalue weighted by molar-refractivity contribution is -0.147. The maximum atomic E-state index is 12.6. The van der Waals surface area contributed by atoms with E-state index < -0.39 is 12.0 Å². The first-order chi connectivity index (χ1) is 22.4. The van der Waals surface area contributed by atoms with E-state index in [1.807, 2.05) is 6.08 Å². The van der Waals surface area contributed by atoms with Crippen molar-refractivity contribution in [3.63, 3.8) is 0 Å². The molecular weight excluding hydrogens is 576 g/mol. The van der Waals surface area contributed by atoms with Crippen LogP contribution in [0, 0.1) is 0 Å². The highest BCUT2D eigenvalue weighted by molar-refractivity contribution is 5.83. The van der Waals surface area contributed by atoms with Gasteiger partial charge < -0.3 is 20.9 Å². The van der Waals surface area contributed by atoms with Crippen LogP contribution >= 0.6 is 0 Å². The van der Waals surface area contributed by atoms with E-state index in [0.717, 1.165) is 70.6 Å². The summed E-state index contributed by atoms with van der Waals surface area (Å²) < 4.78 is 5.86. The number of rotatable bonds is 32. The second-order valence-corrected chi connectivity index (χ2v) is 12.3. The van der Waals surface area contributed by atoms with Crippen molar-refractivity contribution < 1.29 is 24.2 Å². The molecule has 0 aliphatic heterocycles. The summed E-state index contributed by atoms with van der Waals surface area (Å²) in [4.78, 5) is 36.1. The largest absolute Gasteiger partial charge is 0.480 e. The van der Waals surface area contributed by atoms with E-state index >= 15 is 0 Å². The van der Waals surface area contributed by atoms with Gasteiger partial charge in [-0.2, -0.15) is 0 Å². The summed E-state index contributed by atoms with van der Waals surface area (Å²) in [5.74, 6) is -1.38. The third kappa shape index (κ3) is 30.0. The van der Waals surface area contributed by atoms with Gasteiger partial charge in [0.2, 0.25) is 5.91 Å².